The Morgan fingerprint density at radius 1 is 1.28 bits per heavy atom. The summed E-state index contributed by atoms with van der Waals surface area (Å²) in [7, 11) is 0. The van der Waals surface area contributed by atoms with Gasteiger partial charge in [0.1, 0.15) is 6.33 Å². The average molecular weight is 348 g/mol. The average Bonchev–Trinajstić information content (AvgIpc) is 2.64. The molecule has 2 aromatic rings. The van der Waals surface area contributed by atoms with E-state index in [-0.39, 0.29) is 38.6 Å². The van der Waals surface area contributed by atoms with Gasteiger partial charge in [0.2, 0.25) is 0 Å². The van der Waals surface area contributed by atoms with Crippen LogP contribution in [-0.2, 0) is 11.3 Å². The van der Waals surface area contributed by atoms with Crippen LogP contribution >= 0.6 is 0 Å². The van der Waals surface area contributed by atoms with E-state index in [1.807, 2.05) is 6.07 Å². The van der Waals surface area contributed by atoms with E-state index in [1.165, 1.54) is 23.6 Å². The van der Waals surface area contributed by atoms with Crippen molar-refractivity contribution in [3.8, 4) is 0 Å². The Morgan fingerprint density at radius 3 is 2.80 bits per heavy atom. The summed E-state index contributed by atoms with van der Waals surface area (Å²) >= 11 is 0. The zero-order valence-corrected chi connectivity index (χ0v) is 13.5. The quantitative estimate of drug-likeness (QED) is 0.828. The van der Waals surface area contributed by atoms with Gasteiger partial charge in [-0.25, -0.2) is 18.7 Å². The first-order valence-corrected chi connectivity index (χ1v) is 7.95. The van der Waals surface area contributed by atoms with Gasteiger partial charge in [-0.15, -0.1) is 0 Å². The third-order valence-corrected chi connectivity index (χ3v) is 4.16. The van der Waals surface area contributed by atoms with Gasteiger partial charge in [-0.05, 0) is 11.6 Å². The van der Waals surface area contributed by atoms with Crippen molar-refractivity contribution in [3.05, 3.63) is 54.4 Å². The highest BCUT2D eigenvalue weighted by Crippen LogP contribution is 2.34. The Morgan fingerprint density at radius 2 is 2.08 bits per heavy atom. The smallest absolute Gasteiger partial charge is 0.257 e. The molecule has 0 radical (unpaired) electrons. The topological polar surface area (TPSA) is 68.2 Å². The molecule has 1 aliphatic heterocycles. The van der Waals surface area contributed by atoms with Crippen LogP contribution in [0, 0.1) is 5.92 Å². The molecule has 3 rings (SSSR count). The predicted octanol–water partition coefficient (Wildman–Crippen LogP) is 2.19. The zero-order chi connectivity index (χ0) is 17.7. The van der Waals surface area contributed by atoms with E-state index in [1.54, 1.807) is 18.5 Å². The molecule has 0 aliphatic carbocycles. The first kappa shape index (κ1) is 17.3. The molecule has 1 saturated heterocycles. The second-order valence-corrected chi connectivity index (χ2v) is 5.96. The van der Waals surface area contributed by atoms with Crippen molar-refractivity contribution in [2.45, 2.75) is 19.0 Å². The minimum Gasteiger partial charge on any atom is -0.376 e. The lowest BCUT2D eigenvalue weighted by atomic mass is 9.94. The van der Waals surface area contributed by atoms with Crippen LogP contribution in [0.15, 0.2) is 43.2 Å². The summed E-state index contributed by atoms with van der Waals surface area (Å²) in [4.78, 5) is 25.4. The van der Waals surface area contributed by atoms with Crippen molar-refractivity contribution < 1.29 is 18.3 Å². The van der Waals surface area contributed by atoms with E-state index in [2.05, 4.69) is 15.0 Å². The van der Waals surface area contributed by atoms with E-state index in [0.29, 0.717) is 5.56 Å². The number of amides is 1. The van der Waals surface area contributed by atoms with E-state index in [4.69, 9.17) is 4.74 Å². The summed E-state index contributed by atoms with van der Waals surface area (Å²) in [5.41, 5.74) is 1.11. The molecule has 3 heterocycles. The highest BCUT2D eigenvalue weighted by molar-refractivity contribution is 5.93. The minimum atomic E-state index is -2.86. The lowest BCUT2D eigenvalue weighted by molar-refractivity contribution is -0.124. The van der Waals surface area contributed by atoms with Crippen LogP contribution in [0.25, 0.3) is 0 Å². The number of pyridine rings is 1. The van der Waals surface area contributed by atoms with Gasteiger partial charge >= 0.3 is 0 Å². The number of carbonyl (C=O) groups excluding carboxylic acids is 1. The van der Waals surface area contributed by atoms with Crippen LogP contribution in [0.3, 0.4) is 0 Å². The first-order valence-electron chi connectivity index (χ1n) is 7.95. The summed E-state index contributed by atoms with van der Waals surface area (Å²) in [6.07, 6.45) is 6.97. The molecule has 6 nitrogen and oxygen atoms in total. The number of rotatable bonds is 5. The number of halogens is 2. The fourth-order valence-electron chi connectivity index (χ4n) is 2.73. The highest BCUT2D eigenvalue weighted by Gasteiger charge is 2.45. The van der Waals surface area contributed by atoms with Gasteiger partial charge in [0, 0.05) is 44.3 Å². The second-order valence-electron chi connectivity index (χ2n) is 5.96. The molecule has 1 amide bonds. The number of hydrogen-bond donors (Lipinski definition) is 0. The number of piperidine rings is 1. The molecule has 1 atom stereocenters. The van der Waals surface area contributed by atoms with Crippen molar-refractivity contribution >= 4 is 5.91 Å². The number of nitrogens with zero attached hydrogens (tertiary/aromatic N) is 4. The molecule has 0 bridgehead atoms. The van der Waals surface area contributed by atoms with Crippen molar-refractivity contribution in [2.75, 3.05) is 19.7 Å². The first-order chi connectivity index (χ1) is 12.1. The van der Waals surface area contributed by atoms with E-state index >= 15 is 0 Å². The normalized spacial score (nSPS) is 19.6. The molecule has 1 fully saturated rings. The largest absolute Gasteiger partial charge is 0.376 e. The van der Waals surface area contributed by atoms with Crippen LogP contribution in [0.5, 0.6) is 0 Å². The molecule has 0 saturated carbocycles. The molecule has 25 heavy (non-hydrogen) atoms. The van der Waals surface area contributed by atoms with Gasteiger partial charge in [0.25, 0.3) is 11.8 Å². The Balaban J connectivity index is 1.60. The third kappa shape index (κ3) is 4.33. The van der Waals surface area contributed by atoms with Crippen molar-refractivity contribution in [1.82, 2.24) is 19.9 Å². The predicted molar refractivity (Wildman–Crippen MR) is 84.9 cm³/mol. The lowest BCUT2D eigenvalue weighted by Gasteiger charge is -2.38. The number of carbonyl (C=O) groups is 1. The molecule has 0 spiro atoms. The third-order valence-electron chi connectivity index (χ3n) is 4.16. The summed E-state index contributed by atoms with van der Waals surface area (Å²) in [6, 6.07) is 3.58. The minimum absolute atomic E-state index is 0.000166. The molecule has 2 aromatic heterocycles. The van der Waals surface area contributed by atoms with Gasteiger partial charge in [-0.1, -0.05) is 6.07 Å². The molecule has 1 aliphatic rings. The Kier molecular flexibility index (Phi) is 5.28. The summed E-state index contributed by atoms with van der Waals surface area (Å²) in [5.74, 6) is -4.25. The van der Waals surface area contributed by atoms with Crippen molar-refractivity contribution in [1.29, 1.82) is 0 Å². The van der Waals surface area contributed by atoms with E-state index in [0.717, 1.165) is 5.56 Å². The van der Waals surface area contributed by atoms with Gasteiger partial charge < -0.3 is 9.64 Å². The van der Waals surface area contributed by atoms with E-state index in [9.17, 15) is 13.6 Å². The molecule has 132 valence electrons. The zero-order valence-electron chi connectivity index (χ0n) is 13.5. The number of alkyl halides is 2. The fraction of sp³-hybridized carbons (Fsp3) is 0.412. The Labute approximate surface area is 143 Å². The van der Waals surface area contributed by atoms with Gasteiger partial charge in [0.05, 0.1) is 24.7 Å². The van der Waals surface area contributed by atoms with Crippen molar-refractivity contribution in [3.63, 3.8) is 0 Å². The SMILES string of the molecule is O=C(c1cncnc1)N1CCC(F)(F)C(COCc2cccnc2)C1. The Bertz CT molecular complexity index is 700. The van der Waals surface area contributed by atoms with Crippen LogP contribution < -0.4 is 0 Å². The summed E-state index contributed by atoms with van der Waals surface area (Å²) in [5, 5.41) is 0. The number of likely N-dealkylation sites (tertiary alicyclic amines) is 1. The monoisotopic (exact) mass is 348 g/mol. The van der Waals surface area contributed by atoms with Gasteiger partial charge in [0.15, 0.2) is 0 Å². The molecule has 1 unspecified atom stereocenters. The molecule has 8 heteroatoms. The van der Waals surface area contributed by atoms with E-state index < -0.39 is 11.8 Å². The maximum absolute atomic E-state index is 14.2. The van der Waals surface area contributed by atoms with Crippen LogP contribution in [0.1, 0.15) is 22.3 Å². The fourth-order valence-corrected chi connectivity index (χ4v) is 2.73. The van der Waals surface area contributed by atoms with Gasteiger partial charge in [-0.2, -0.15) is 0 Å². The Hall–Kier alpha value is -2.48. The number of aromatic nitrogens is 3. The second kappa shape index (κ2) is 7.60. The van der Waals surface area contributed by atoms with Crippen LogP contribution in [0.2, 0.25) is 0 Å². The molecule has 0 N–H and O–H groups in total. The summed E-state index contributed by atoms with van der Waals surface area (Å²) in [6.45, 7) is 0.0193. The number of hydrogen-bond acceptors (Lipinski definition) is 5. The summed E-state index contributed by atoms with van der Waals surface area (Å²) < 4.78 is 33.8. The lowest BCUT2D eigenvalue weighted by Crippen LogP contribution is -2.50. The number of ether oxygens (including phenoxy) is 1. The maximum atomic E-state index is 14.2. The standard InChI is InChI=1S/C17H18F2N4O2/c18-17(19)3-5-23(16(24)14-7-21-12-22-8-14)9-15(17)11-25-10-13-2-1-4-20-6-13/h1-2,4,6-8,12,15H,3,5,9-11H2. The molecular weight excluding hydrogens is 330 g/mol. The van der Waals surface area contributed by atoms with Gasteiger partial charge in [-0.3, -0.25) is 9.78 Å². The van der Waals surface area contributed by atoms with Crippen molar-refractivity contribution in [2.24, 2.45) is 5.92 Å². The van der Waals surface area contributed by atoms with Crippen LogP contribution in [0.4, 0.5) is 8.78 Å². The molecular formula is C17H18F2N4O2. The molecule has 0 aromatic carbocycles. The maximum Gasteiger partial charge on any atom is 0.257 e. The highest BCUT2D eigenvalue weighted by atomic mass is 19.3. The van der Waals surface area contributed by atoms with Crippen LogP contribution in [-0.4, -0.2) is 51.4 Å².